The summed E-state index contributed by atoms with van der Waals surface area (Å²) in [5.41, 5.74) is 0. The molecule has 0 aromatic heterocycles. The van der Waals surface area contributed by atoms with Crippen molar-refractivity contribution in [2.24, 2.45) is 11.8 Å². The maximum atomic E-state index is 11.7. The number of carbonyl (C=O) groups excluding carboxylic acids is 1. The summed E-state index contributed by atoms with van der Waals surface area (Å²) in [6, 6.07) is 3.34. The Bertz CT molecular complexity index is 686. The number of carbonyl (C=O) groups is 1. The van der Waals surface area contributed by atoms with Gasteiger partial charge in [0, 0.05) is 18.6 Å². The number of methoxy groups -OCH3 is 1. The van der Waals surface area contributed by atoms with Gasteiger partial charge in [0.2, 0.25) is 0 Å². The topological polar surface area (TPSA) is 63.2 Å². The number of ether oxygens (including phenoxy) is 4. The molecule has 0 aromatic carbocycles. The molecular weight excluding hydrogens is 472 g/mol. The normalized spacial score (nSPS) is 29.2. The highest BCUT2D eigenvalue weighted by molar-refractivity contribution is 6.73. The van der Waals surface area contributed by atoms with Gasteiger partial charge in [-0.05, 0) is 62.6 Å². The minimum absolute atomic E-state index is 0.0455. The van der Waals surface area contributed by atoms with Crippen molar-refractivity contribution in [1.82, 2.24) is 0 Å². The SMILES string of the molecule is CC[Si](CC)(CC)OC1CO[C@H](C=CC(OC2CCCCO2)C2CCCCC2)[C@@H]1CC=CC(=O)OC. The van der Waals surface area contributed by atoms with Crippen LogP contribution in [0.15, 0.2) is 24.3 Å². The van der Waals surface area contributed by atoms with Gasteiger partial charge in [-0.25, -0.2) is 4.79 Å². The monoisotopic (exact) mass is 522 g/mol. The summed E-state index contributed by atoms with van der Waals surface area (Å²) in [5.74, 6) is 0.375. The van der Waals surface area contributed by atoms with Gasteiger partial charge in [-0.15, -0.1) is 0 Å². The van der Waals surface area contributed by atoms with Gasteiger partial charge in [0.25, 0.3) is 0 Å². The summed E-state index contributed by atoms with van der Waals surface area (Å²) in [5, 5.41) is 0. The highest BCUT2D eigenvalue weighted by atomic mass is 28.4. The number of allylic oxidation sites excluding steroid dienone is 1. The molecule has 36 heavy (non-hydrogen) atoms. The van der Waals surface area contributed by atoms with Gasteiger partial charge in [-0.2, -0.15) is 0 Å². The van der Waals surface area contributed by atoms with Crippen molar-refractivity contribution < 1.29 is 28.2 Å². The standard InChI is InChI=1S/C29H50O6Si/c1-5-36(6-2,7-3)35-27-22-33-26(24(27)16-13-17-28(30)31-4)20-19-25(23-14-9-8-10-15-23)34-29-18-11-12-21-32-29/h13,17,19-20,23-27,29H,5-12,14-16,18,21-22H2,1-4H3/t24-,25?,26+,27?,29?/m0/s1. The van der Waals surface area contributed by atoms with Crippen molar-refractivity contribution >= 4 is 14.3 Å². The zero-order chi connectivity index (χ0) is 25.8. The van der Waals surface area contributed by atoms with Gasteiger partial charge in [-0.1, -0.05) is 58.3 Å². The molecule has 3 fully saturated rings. The number of hydrogen-bond acceptors (Lipinski definition) is 6. The molecule has 1 aliphatic carbocycles. The van der Waals surface area contributed by atoms with Crippen molar-refractivity contribution in [2.75, 3.05) is 20.3 Å². The molecule has 0 spiro atoms. The molecule has 206 valence electrons. The van der Waals surface area contributed by atoms with Crippen LogP contribution in [0.2, 0.25) is 18.1 Å². The minimum Gasteiger partial charge on any atom is -0.466 e. The second kappa shape index (κ2) is 15.4. The second-order valence-electron chi connectivity index (χ2n) is 10.7. The van der Waals surface area contributed by atoms with Gasteiger partial charge in [0.15, 0.2) is 14.6 Å². The average molecular weight is 523 g/mol. The van der Waals surface area contributed by atoms with E-state index in [1.54, 1.807) is 0 Å². The largest absolute Gasteiger partial charge is 0.466 e. The summed E-state index contributed by atoms with van der Waals surface area (Å²) in [6.07, 6.45) is 18.1. The smallest absolute Gasteiger partial charge is 0.330 e. The Morgan fingerprint density at radius 2 is 1.72 bits per heavy atom. The molecular formula is C29H50O6Si. The minimum atomic E-state index is -1.78. The first-order valence-corrected chi connectivity index (χ1v) is 17.1. The van der Waals surface area contributed by atoms with Crippen LogP contribution in [0.3, 0.4) is 0 Å². The lowest BCUT2D eigenvalue weighted by molar-refractivity contribution is -0.189. The molecule has 3 unspecified atom stereocenters. The van der Waals surface area contributed by atoms with Crippen molar-refractivity contribution in [3.63, 3.8) is 0 Å². The molecule has 2 saturated heterocycles. The van der Waals surface area contributed by atoms with E-state index in [1.165, 1.54) is 51.7 Å². The van der Waals surface area contributed by atoms with E-state index in [-0.39, 0.29) is 36.5 Å². The van der Waals surface area contributed by atoms with Crippen molar-refractivity contribution in [2.45, 2.75) is 121 Å². The van der Waals surface area contributed by atoms with Crippen LogP contribution in [0, 0.1) is 11.8 Å². The molecule has 6 nitrogen and oxygen atoms in total. The van der Waals surface area contributed by atoms with E-state index >= 15 is 0 Å². The molecule has 3 rings (SSSR count). The average Bonchev–Trinajstić information content (AvgIpc) is 3.31. The van der Waals surface area contributed by atoms with E-state index < -0.39 is 8.32 Å². The van der Waals surface area contributed by atoms with E-state index in [4.69, 9.17) is 23.4 Å². The van der Waals surface area contributed by atoms with E-state index in [2.05, 4.69) is 32.9 Å². The molecule has 0 radical (unpaired) electrons. The lowest BCUT2D eigenvalue weighted by atomic mass is 9.84. The van der Waals surface area contributed by atoms with E-state index in [1.807, 2.05) is 6.08 Å². The summed E-state index contributed by atoms with van der Waals surface area (Å²) < 4.78 is 30.5. The fraction of sp³-hybridized carbons (Fsp3) is 0.828. The van der Waals surface area contributed by atoms with E-state index in [9.17, 15) is 4.79 Å². The van der Waals surface area contributed by atoms with Gasteiger partial charge < -0.3 is 23.4 Å². The first-order valence-electron chi connectivity index (χ1n) is 14.5. The third kappa shape index (κ3) is 8.52. The van der Waals surface area contributed by atoms with Crippen molar-refractivity contribution in [3.05, 3.63) is 24.3 Å². The van der Waals surface area contributed by atoms with Crippen LogP contribution in [0.5, 0.6) is 0 Å². The zero-order valence-electron chi connectivity index (χ0n) is 23.1. The summed E-state index contributed by atoms with van der Waals surface area (Å²) in [6.45, 7) is 8.18. The molecule has 1 saturated carbocycles. The van der Waals surface area contributed by atoms with Crippen molar-refractivity contribution in [3.8, 4) is 0 Å². The fourth-order valence-corrected chi connectivity index (χ4v) is 8.86. The summed E-state index contributed by atoms with van der Waals surface area (Å²) >= 11 is 0. The fourth-order valence-electron chi connectivity index (χ4n) is 5.97. The maximum absolute atomic E-state index is 11.7. The Hall–Kier alpha value is -0.993. The van der Waals surface area contributed by atoms with Crippen LogP contribution in [-0.2, 0) is 28.2 Å². The molecule has 3 aliphatic rings. The van der Waals surface area contributed by atoms with Gasteiger partial charge in [0.05, 0.1) is 32.0 Å². The Balaban J connectivity index is 1.75. The quantitative estimate of drug-likeness (QED) is 0.118. The predicted molar refractivity (Wildman–Crippen MR) is 145 cm³/mol. The Labute approximate surface area is 220 Å². The second-order valence-corrected chi connectivity index (χ2v) is 15.4. The predicted octanol–water partition coefficient (Wildman–Crippen LogP) is 6.56. The first kappa shape index (κ1) is 29.6. The molecule has 2 heterocycles. The van der Waals surface area contributed by atoms with Crippen LogP contribution < -0.4 is 0 Å². The molecule has 7 heteroatoms. The summed E-state index contributed by atoms with van der Waals surface area (Å²) in [7, 11) is -0.373. The van der Waals surface area contributed by atoms with Gasteiger partial charge in [-0.3, -0.25) is 0 Å². The third-order valence-corrected chi connectivity index (χ3v) is 13.3. The van der Waals surface area contributed by atoms with Crippen LogP contribution in [-0.4, -0.2) is 59.2 Å². The van der Waals surface area contributed by atoms with Crippen LogP contribution in [0.4, 0.5) is 0 Å². The Kier molecular flexibility index (Phi) is 12.7. The third-order valence-electron chi connectivity index (χ3n) is 8.60. The maximum Gasteiger partial charge on any atom is 0.330 e. The van der Waals surface area contributed by atoms with Gasteiger partial charge in [0.1, 0.15) is 0 Å². The molecule has 0 bridgehead atoms. The molecule has 0 amide bonds. The highest BCUT2D eigenvalue weighted by Crippen LogP contribution is 2.35. The molecule has 5 atom stereocenters. The number of hydrogen-bond donors (Lipinski definition) is 0. The Morgan fingerprint density at radius 3 is 2.36 bits per heavy atom. The van der Waals surface area contributed by atoms with Gasteiger partial charge >= 0.3 is 5.97 Å². The molecule has 2 aliphatic heterocycles. The number of rotatable bonds is 13. The van der Waals surface area contributed by atoms with Crippen LogP contribution in [0.1, 0.15) is 78.6 Å². The van der Waals surface area contributed by atoms with E-state index in [0.29, 0.717) is 12.5 Å². The lowest BCUT2D eigenvalue weighted by Crippen LogP contribution is -2.42. The molecule has 0 N–H and O–H groups in total. The van der Waals surface area contributed by atoms with E-state index in [0.717, 1.165) is 44.0 Å². The van der Waals surface area contributed by atoms with Crippen molar-refractivity contribution in [1.29, 1.82) is 0 Å². The number of esters is 1. The van der Waals surface area contributed by atoms with Crippen LogP contribution in [0.25, 0.3) is 0 Å². The Morgan fingerprint density at radius 1 is 1.00 bits per heavy atom. The summed E-state index contributed by atoms with van der Waals surface area (Å²) in [4.78, 5) is 11.7. The first-order chi connectivity index (χ1) is 17.5. The lowest BCUT2D eigenvalue weighted by Gasteiger charge is -2.34. The van der Waals surface area contributed by atoms with Crippen LogP contribution >= 0.6 is 0 Å². The zero-order valence-corrected chi connectivity index (χ0v) is 24.1. The molecule has 0 aromatic rings. The highest BCUT2D eigenvalue weighted by Gasteiger charge is 2.41.